The van der Waals surface area contributed by atoms with Crippen LogP contribution in [0.5, 0.6) is 0 Å². The van der Waals surface area contributed by atoms with Crippen LogP contribution in [-0.2, 0) is 4.79 Å². The van der Waals surface area contributed by atoms with Gasteiger partial charge in [-0.1, -0.05) is 6.92 Å². The molecule has 1 unspecified atom stereocenters. The number of ketones is 1. The summed E-state index contributed by atoms with van der Waals surface area (Å²) in [5.41, 5.74) is -0.827. The summed E-state index contributed by atoms with van der Waals surface area (Å²) in [5, 5.41) is 18.0. The summed E-state index contributed by atoms with van der Waals surface area (Å²) in [6.45, 7) is 1.60. The Balaban J connectivity index is 2.71. The molecule has 1 fully saturated rings. The van der Waals surface area contributed by atoms with E-state index in [9.17, 15) is 4.79 Å². The van der Waals surface area contributed by atoms with E-state index in [-0.39, 0.29) is 19.0 Å². The predicted molar refractivity (Wildman–Crippen MR) is 44.6 cm³/mol. The Morgan fingerprint density at radius 3 is 2.50 bits per heavy atom. The van der Waals surface area contributed by atoms with Crippen molar-refractivity contribution in [2.75, 3.05) is 13.2 Å². The first kappa shape index (κ1) is 9.68. The van der Waals surface area contributed by atoms with Crippen LogP contribution >= 0.6 is 0 Å². The number of Topliss-reactive ketones (excluding diaryl/α,β-unsaturated/α-hetero) is 1. The van der Waals surface area contributed by atoms with Gasteiger partial charge in [-0.15, -0.1) is 0 Å². The van der Waals surface area contributed by atoms with Crippen LogP contribution in [0.3, 0.4) is 0 Å². The molecule has 2 N–H and O–H groups in total. The molecule has 0 radical (unpaired) electrons. The van der Waals surface area contributed by atoms with Gasteiger partial charge in [-0.25, -0.2) is 0 Å². The van der Waals surface area contributed by atoms with Crippen molar-refractivity contribution in [2.45, 2.75) is 26.2 Å². The quantitative estimate of drug-likeness (QED) is 0.631. The lowest BCUT2D eigenvalue weighted by atomic mass is 9.71. The topological polar surface area (TPSA) is 57.5 Å². The molecule has 0 aromatic heterocycles. The van der Waals surface area contributed by atoms with Gasteiger partial charge in [0.05, 0.1) is 18.6 Å². The van der Waals surface area contributed by atoms with Gasteiger partial charge in [0, 0.05) is 6.42 Å². The Kier molecular flexibility index (Phi) is 2.85. The van der Waals surface area contributed by atoms with Crippen molar-refractivity contribution < 1.29 is 15.0 Å². The van der Waals surface area contributed by atoms with Gasteiger partial charge in [-0.2, -0.15) is 0 Å². The Hall–Kier alpha value is -0.410. The fourth-order valence-corrected chi connectivity index (χ4v) is 1.68. The van der Waals surface area contributed by atoms with Crippen LogP contribution < -0.4 is 0 Å². The maximum absolute atomic E-state index is 11.5. The van der Waals surface area contributed by atoms with E-state index in [1.165, 1.54) is 0 Å². The second kappa shape index (κ2) is 3.54. The van der Waals surface area contributed by atoms with Crippen LogP contribution in [0.25, 0.3) is 0 Å². The van der Waals surface area contributed by atoms with Crippen molar-refractivity contribution >= 4 is 5.78 Å². The van der Waals surface area contributed by atoms with Crippen LogP contribution in [0.15, 0.2) is 0 Å². The van der Waals surface area contributed by atoms with Gasteiger partial charge >= 0.3 is 0 Å². The summed E-state index contributed by atoms with van der Waals surface area (Å²) < 4.78 is 0. The first-order valence-electron chi connectivity index (χ1n) is 4.39. The van der Waals surface area contributed by atoms with Crippen LogP contribution in [-0.4, -0.2) is 29.2 Å². The standard InChI is InChI=1S/C9H16O3/c1-7-2-3-9(5-10,6-11)8(12)4-7/h7,10-11H,2-6H2,1H3. The molecule has 0 aliphatic heterocycles. The molecular formula is C9H16O3. The fourth-order valence-electron chi connectivity index (χ4n) is 1.68. The number of hydrogen-bond donors (Lipinski definition) is 2. The van der Waals surface area contributed by atoms with Crippen LogP contribution in [0.2, 0.25) is 0 Å². The van der Waals surface area contributed by atoms with Crippen molar-refractivity contribution in [3.63, 3.8) is 0 Å². The molecule has 3 heteroatoms. The highest BCUT2D eigenvalue weighted by molar-refractivity contribution is 5.86. The monoisotopic (exact) mass is 172 g/mol. The van der Waals surface area contributed by atoms with Gasteiger partial charge < -0.3 is 10.2 Å². The summed E-state index contributed by atoms with van der Waals surface area (Å²) in [6.07, 6.45) is 2.05. The summed E-state index contributed by atoms with van der Waals surface area (Å²) in [4.78, 5) is 11.5. The lowest BCUT2D eigenvalue weighted by Gasteiger charge is -2.34. The molecule has 0 bridgehead atoms. The van der Waals surface area contributed by atoms with Crippen molar-refractivity contribution in [1.82, 2.24) is 0 Å². The Bertz CT molecular complexity index is 173. The molecule has 3 nitrogen and oxygen atoms in total. The van der Waals surface area contributed by atoms with E-state index in [1.807, 2.05) is 6.92 Å². The lowest BCUT2D eigenvalue weighted by molar-refractivity contribution is -0.138. The van der Waals surface area contributed by atoms with Crippen molar-refractivity contribution in [1.29, 1.82) is 0 Å². The molecule has 1 rings (SSSR count). The smallest absolute Gasteiger partial charge is 0.143 e. The zero-order valence-electron chi connectivity index (χ0n) is 7.42. The molecule has 12 heavy (non-hydrogen) atoms. The maximum Gasteiger partial charge on any atom is 0.143 e. The van der Waals surface area contributed by atoms with E-state index in [0.29, 0.717) is 18.8 Å². The average Bonchev–Trinajstić information content (AvgIpc) is 2.06. The summed E-state index contributed by atoms with van der Waals surface area (Å²) in [7, 11) is 0. The Morgan fingerprint density at radius 1 is 1.50 bits per heavy atom. The molecule has 0 amide bonds. The third kappa shape index (κ3) is 1.52. The van der Waals surface area contributed by atoms with E-state index < -0.39 is 5.41 Å². The van der Waals surface area contributed by atoms with E-state index >= 15 is 0 Å². The molecular weight excluding hydrogens is 156 g/mol. The SMILES string of the molecule is CC1CCC(CO)(CO)C(=O)C1. The highest BCUT2D eigenvalue weighted by Gasteiger charge is 2.40. The van der Waals surface area contributed by atoms with Gasteiger partial charge in [0.1, 0.15) is 5.78 Å². The van der Waals surface area contributed by atoms with Crippen molar-refractivity contribution in [3.05, 3.63) is 0 Å². The highest BCUT2D eigenvalue weighted by atomic mass is 16.3. The van der Waals surface area contributed by atoms with Gasteiger partial charge in [0.15, 0.2) is 0 Å². The number of rotatable bonds is 2. The molecule has 0 spiro atoms. The second-order valence-electron chi connectivity index (χ2n) is 3.87. The minimum atomic E-state index is -0.827. The van der Waals surface area contributed by atoms with Gasteiger partial charge in [-0.3, -0.25) is 4.79 Å². The molecule has 0 aromatic rings. The zero-order chi connectivity index (χ0) is 9.19. The van der Waals surface area contributed by atoms with Gasteiger partial charge in [0.2, 0.25) is 0 Å². The number of aliphatic hydroxyl groups excluding tert-OH is 2. The summed E-state index contributed by atoms with van der Waals surface area (Å²) in [5.74, 6) is 0.426. The number of carbonyl (C=O) groups excluding carboxylic acids is 1. The lowest BCUT2D eigenvalue weighted by Crippen LogP contribution is -2.42. The minimum absolute atomic E-state index is 0.0197. The first-order valence-corrected chi connectivity index (χ1v) is 4.39. The van der Waals surface area contributed by atoms with Gasteiger partial charge in [-0.05, 0) is 18.8 Å². The zero-order valence-corrected chi connectivity index (χ0v) is 7.42. The van der Waals surface area contributed by atoms with Crippen LogP contribution in [0.4, 0.5) is 0 Å². The summed E-state index contributed by atoms with van der Waals surface area (Å²) in [6, 6.07) is 0. The second-order valence-corrected chi connectivity index (χ2v) is 3.87. The predicted octanol–water partition coefficient (Wildman–Crippen LogP) is 0.347. The Morgan fingerprint density at radius 2 is 2.08 bits per heavy atom. The third-order valence-corrected chi connectivity index (χ3v) is 2.85. The normalized spacial score (nSPS) is 28.9. The van der Waals surface area contributed by atoms with E-state index in [0.717, 1.165) is 6.42 Å². The van der Waals surface area contributed by atoms with Crippen molar-refractivity contribution in [3.8, 4) is 0 Å². The van der Waals surface area contributed by atoms with E-state index in [2.05, 4.69) is 0 Å². The Labute approximate surface area is 72.4 Å². The number of carbonyl (C=O) groups is 1. The molecule has 1 aliphatic carbocycles. The molecule has 1 atom stereocenters. The van der Waals surface area contributed by atoms with Crippen LogP contribution in [0, 0.1) is 11.3 Å². The van der Waals surface area contributed by atoms with Crippen molar-refractivity contribution in [2.24, 2.45) is 11.3 Å². The van der Waals surface area contributed by atoms with Crippen LogP contribution in [0.1, 0.15) is 26.2 Å². The molecule has 70 valence electrons. The highest BCUT2D eigenvalue weighted by Crippen LogP contribution is 2.34. The molecule has 0 saturated heterocycles. The first-order chi connectivity index (χ1) is 5.64. The van der Waals surface area contributed by atoms with E-state index in [4.69, 9.17) is 10.2 Å². The molecule has 0 aromatic carbocycles. The average molecular weight is 172 g/mol. The largest absolute Gasteiger partial charge is 0.395 e. The maximum atomic E-state index is 11.5. The minimum Gasteiger partial charge on any atom is -0.395 e. The fraction of sp³-hybridized carbons (Fsp3) is 0.889. The molecule has 0 heterocycles. The summed E-state index contributed by atoms with van der Waals surface area (Å²) >= 11 is 0. The third-order valence-electron chi connectivity index (χ3n) is 2.85. The van der Waals surface area contributed by atoms with Gasteiger partial charge in [0.25, 0.3) is 0 Å². The number of hydrogen-bond acceptors (Lipinski definition) is 3. The molecule has 1 aliphatic rings. The molecule has 1 saturated carbocycles. The number of aliphatic hydroxyl groups is 2. The van der Waals surface area contributed by atoms with E-state index in [1.54, 1.807) is 0 Å².